The van der Waals surface area contributed by atoms with Crippen LogP contribution in [0, 0.1) is 0 Å². The van der Waals surface area contributed by atoms with Crippen molar-refractivity contribution >= 4 is 58.2 Å². The van der Waals surface area contributed by atoms with Gasteiger partial charge in [-0.25, -0.2) is 10.4 Å². The van der Waals surface area contributed by atoms with E-state index in [1.807, 2.05) is 35.7 Å². The molecule has 9 heteroatoms. The SMILES string of the molecule is CC1(C)NN2C(=NC1=O)SC(NC(=O)c1ccccc1)=C2c1cccs1.Cl. The van der Waals surface area contributed by atoms with Crippen LogP contribution in [0.1, 0.15) is 29.1 Å². The summed E-state index contributed by atoms with van der Waals surface area (Å²) >= 11 is 2.83. The van der Waals surface area contributed by atoms with E-state index in [4.69, 9.17) is 0 Å². The van der Waals surface area contributed by atoms with Crippen molar-refractivity contribution in [1.29, 1.82) is 0 Å². The molecule has 0 atom stereocenters. The number of thioether (sulfide) groups is 1. The van der Waals surface area contributed by atoms with Crippen LogP contribution >= 0.6 is 35.5 Å². The fourth-order valence-electron chi connectivity index (χ4n) is 2.60. The minimum atomic E-state index is -0.814. The zero-order valence-electron chi connectivity index (χ0n) is 14.6. The number of rotatable bonds is 3. The first-order valence-electron chi connectivity index (χ1n) is 7.99. The van der Waals surface area contributed by atoms with Gasteiger partial charge in [0.2, 0.25) is 0 Å². The number of thiophene rings is 1. The Morgan fingerprint density at radius 2 is 1.93 bits per heavy atom. The Morgan fingerprint density at radius 1 is 1.19 bits per heavy atom. The third-order valence-electron chi connectivity index (χ3n) is 3.96. The van der Waals surface area contributed by atoms with Gasteiger partial charge in [-0.2, -0.15) is 4.99 Å². The molecular weight excluding hydrogens is 404 g/mol. The number of benzene rings is 1. The van der Waals surface area contributed by atoms with Crippen LogP contribution in [0.25, 0.3) is 5.70 Å². The van der Waals surface area contributed by atoms with Crippen molar-refractivity contribution in [1.82, 2.24) is 15.8 Å². The van der Waals surface area contributed by atoms with E-state index in [2.05, 4.69) is 15.7 Å². The normalized spacial score (nSPS) is 17.9. The molecule has 0 radical (unpaired) electrons. The molecule has 0 aliphatic carbocycles. The Balaban J connectivity index is 0.00000210. The molecular formula is C18H17ClN4O2S2. The summed E-state index contributed by atoms with van der Waals surface area (Å²) in [5, 5.41) is 7.90. The van der Waals surface area contributed by atoms with E-state index in [1.54, 1.807) is 42.3 Å². The molecule has 0 fully saturated rings. The molecule has 2 amide bonds. The average molecular weight is 421 g/mol. The van der Waals surface area contributed by atoms with Gasteiger partial charge in [-0.05, 0) is 49.2 Å². The van der Waals surface area contributed by atoms with Crippen molar-refractivity contribution in [2.45, 2.75) is 19.4 Å². The number of carbonyl (C=O) groups is 2. The highest BCUT2D eigenvalue weighted by Gasteiger charge is 2.42. The maximum absolute atomic E-state index is 12.6. The minimum absolute atomic E-state index is 0. The van der Waals surface area contributed by atoms with Crippen LogP contribution in [0.3, 0.4) is 0 Å². The molecule has 1 aromatic heterocycles. The number of amidine groups is 1. The van der Waals surface area contributed by atoms with Crippen LogP contribution in [0.5, 0.6) is 0 Å². The summed E-state index contributed by atoms with van der Waals surface area (Å²) < 4.78 is 0. The van der Waals surface area contributed by atoms with E-state index in [0.717, 1.165) is 10.6 Å². The lowest BCUT2D eigenvalue weighted by atomic mass is 10.1. The molecule has 0 spiro atoms. The number of amides is 2. The van der Waals surface area contributed by atoms with E-state index in [0.29, 0.717) is 15.8 Å². The Morgan fingerprint density at radius 3 is 2.59 bits per heavy atom. The lowest BCUT2D eigenvalue weighted by Crippen LogP contribution is -2.58. The molecule has 2 aromatic rings. The van der Waals surface area contributed by atoms with Crippen molar-refractivity contribution in [3.05, 3.63) is 63.3 Å². The molecule has 3 heterocycles. The number of halogens is 1. The van der Waals surface area contributed by atoms with Crippen molar-refractivity contribution in [3.63, 3.8) is 0 Å². The topological polar surface area (TPSA) is 73.8 Å². The fraction of sp³-hybridized carbons (Fsp3) is 0.167. The van der Waals surface area contributed by atoms with Gasteiger partial charge in [0.25, 0.3) is 11.8 Å². The summed E-state index contributed by atoms with van der Waals surface area (Å²) in [5.41, 5.74) is 3.77. The minimum Gasteiger partial charge on any atom is -0.314 e. The molecule has 0 saturated carbocycles. The second kappa shape index (κ2) is 7.47. The molecule has 140 valence electrons. The van der Waals surface area contributed by atoms with Crippen molar-refractivity contribution in [2.75, 3.05) is 0 Å². The molecule has 27 heavy (non-hydrogen) atoms. The Bertz CT molecular complexity index is 940. The lowest BCUT2D eigenvalue weighted by Gasteiger charge is -2.35. The number of aliphatic imine (C=N–C) groups is 1. The number of hydrogen-bond donors (Lipinski definition) is 2. The quantitative estimate of drug-likeness (QED) is 0.795. The highest BCUT2D eigenvalue weighted by molar-refractivity contribution is 8.17. The Kier molecular flexibility index (Phi) is 5.43. The van der Waals surface area contributed by atoms with E-state index in [9.17, 15) is 9.59 Å². The highest BCUT2D eigenvalue weighted by Crippen LogP contribution is 2.41. The van der Waals surface area contributed by atoms with Gasteiger partial charge in [-0.1, -0.05) is 24.3 Å². The molecule has 4 rings (SSSR count). The standard InChI is InChI=1S/C18H16N4O2S2.ClH/c1-18(2)16(24)20-17-22(21-18)13(12-9-6-10-25-12)15(26-17)19-14(23)11-7-4-3-5-8-11;/h3-10,21H,1-2H3,(H,19,23);1H. The fourth-order valence-corrected chi connectivity index (χ4v) is 4.41. The summed E-state index contributed by atoms with van der Waals surface area (Å²) in [7, 11) is 0. The summed E-state index contributed by atoms with van der Waals surface area (Å²) in [5.74, 6) is -0.439. The van der Waals surface area contributed by atoms with Crippen LogP contribution < -0.4 is 10.7 Å². The van der Waals surface area contributed by atoms with Gasteiger partial charge in [0.15, 0.2) is 5.17 Å². The van der Waals surface area contributed by atoms with Gasteiger partial charge in [0.1, 0.15) is 16.3 Å². The number of hydrogen-bond acceptors (Lipinski definition) is 6. The monoisotopic (exact) mass is 420 g/mol. The Hall–Kier alpha value is -2.13. The third kappa shape index (κ3) is 3.66. The predicted octanol–water partition coefficient (Wildman–Crippen LogP) is 3.45. The molecule has 2 N–H and O–H groups in total. The van der Waals surface area contributed by atoms with Crippen molar-refractivity contribution < 1.29 is 9.59 Å². The van der Waals surface area contributed by atoms with E-state index in [1.165, 1.54) is 11.8 Å². The summed E-state index contributed by atoms with van der Waals surface area (Å²) in [6.45, 7) is 3.57. The summed E-state index contributed by atoms with van der Waals surface area (Å²) in [6, 6.07) is 13.0. The highest BCUT2D eigenvalue weighted by atomic mass is 35.5. The van der Waals surface area contributed by atoms with Crippen LogP contribution in [0.2, 0.25) is 0 Å². The summed E-state index contributed by atoms with van der Waals surface area (Å²) in [4.78, 5) is 30.0. The molecule has 1 aromatic carbocycles. The van der Waals surface area contributed by atoms with E-state index >= 15 is 0 Å². The van der Waals surface area contributed by atoms with Gasteiger partial charge in [0, 0.05) is 5.56 Å². The zero-order chi connectivity index (χ0) is 18.3. The van der Waals surface area contributed by atoms with Gasteiger partial charge < -0.3 is 5.32 Å². The third-order valence-corrected chi connectivity index (χ3v) is 5.80. The number of nitrogens with zero attached hydrogens (tertiary/aromatic N) is 2. The number of carbonyl (C=O) groups excluding carboxylic acids is 2. The Labute approximate surface area is 171 Å². The first-order chi connectivity index (χ1) is 12.5. The molecule has 2 aliphatic rings. The zero-order valence-corrected chi connectivity index (χ0v) is 17.0. The lowest BCUT2D eigenvalue weighted by molar-refractivity contribution is -0.124. The van der Waals surface area contributed by atoms with Gasteiger partial charge in [-0.15, -0.1) is 23.7 Å². The average Bonchev–Trinajstić information content (AvgIpc) is 3.23. The van der Waals surface area contributed by atoms with Crippen molar-refractivity contribution in [3.8, 4) is 0 Å². The smallest absolute Gasteiger partial charge is 0.269 e. The van der Waals surface area contributed by atoms with Crippen molar-refractivity contribution in [2.24, 2.45) is 4.99 Å². The van der Waals surface area contributed by atoms with Gasteiger partial charge in [-0.3, -0.25) is 9.59 Å². The van der Waals surface area contributed by atoms with E-state index in [-0.39, 0.29) is 24.2 Å². The summed E-state index contributed by atoms with van der Waals surface area (Å²) in [6.07, 6.45) is 0. The molecule has 2 aliphatic heterocycles. The largest absolute Gasteiger partial charge is 0.314 e. The first-order valence-corrected chi connectivity index (χ1v) is 9.69. The second-order valence-electron chi connectivity index (χ2n) is 6.35. The van der Waals surface area contributed by atoms with E-state index < -0.39 is 5.54 Å². The van der Waals surface area contributed by atoms with Crippen LogP contribution in [0.4, 0.5) is 0 Å². The number of nitrogens with one attached hydrogen (secondary N) is 2. The number of fused-ring (bicyclic) bond motifs is 1. The number of hydrazine groups is 1. The van der Waals surface area contributed by atoms with Gasteiger partial charge in [0.05, 0.1) is 4.88 Å². The second-order valence-corrected chi connectivity index (χ2v) is 8.27. The maximum atomic E-state index is 12.6. The molecule has 0 saturated heterocycles. The molecule has 0 unspecified atom stereocenters. The van der Waals surface area contributed by atoms with Gasteiger partial charge >= 0.3 is 0 Å². The van der Waals surface area contributed by atoms with Crippen LogP contribution in [-0.2, 0) is 4.79 Å². The first kappa shape index (κ1) is 19.6. The van der Waals surface area contributed by atoms with Crippen LogP contribution in [-0.4, -0.2) is 27.5 Å². The maximum Gasteiger partial charge on any atom is 0.269 e. The molecule has 0 bridgehead atoms. The predicted molar refractivity (Wildman–Crippen MR) is 111 cm³/mol. The van der Waals surface area contributed by atoms with Crippen LogP contribution in [0.15, 0.2) is 57.9 Å². The molecule has 6 nitrogen and oxygen atoms in total.